The predicted octanol–water partition coefficient (Wildman–Crippen LogP) is 1.93. The number of primary amides is 1. The summed E-state index contributed by atoms with van der Waals surface area (Å²) in [5.74, 6) is -1.48. The molecule has 2 aromatic rings. The van der Waals surface area contributed by atoms with E-state index in [1.54, 1.807) is 12.1 Å². The van der Waals surface area contributed by atoms with Crippen LogP contribution in [0.15, 0.2) is 48.7 Å². The second-order valence-corrected chi connectivity index (χ2v) is 5.05. The highest BCUT2D eigenvalue weighted by Crippen LogP contribution is 2.29. The molecule has 1 aromatic heterocycles. The molecule has 0 unspecified atom stereocenters. The number of amides is 2. The summed E-state index contributed by atoms with van der Waals surface area (Å²) in [6.07, 6.45) is -3.24. The van der Waals surface area contributed by atoms with Crippen LogP contribution in [-0.2, 0) is 17.4 Å². The molecule has 2 rings (SSSR count). The Hall–Kier alpha value is -2.90. The molecule has 1 atom stereocenters. The Balaban J connectivity index is 2.15. The molecule has 1 aromatic carbocycles. The van der Waals surface area contributed by atoms with Gasteiger partial charge in [0.25, 0.3) is 5.91 Å². The molecule has 0 aliphatic carbocycles. The first-order chi connectivity index (χ1) is 11.3. The molecule has 0 saturated carbocycles. The third-order valence-corrected chi connectivity index (χ3v) is 3.24. The Morgan fingerprint density at radius 2 is 1.92 bits per heavy atom. The molecule has 1 heterocycles. The number of aromatic nitrogens is 1. The van der Waals surface area contributed by atoms with E-state index >= 15 is 0 Å². The summed E-state index contributed by atoms with van der Waals surface area (Å²) in [6, 6.07) is 8.01. The van der Waals surface area contributed by atoms with Gasteiger partial charge in [-0.25, -0.2) is 0 Å². The van der Waals surface area contributed by atoms with E-state index in [-0.39, 0.29) is 17.7 Å². The molecular weight excluding hydrogens is 323 g/mol. The summed E-state index contributed by atoms with van der Waals surface area (Å²) in [7, 11) is 0. The van der Waals surface area contributed by atoms with Crippen LogP contribution < -0.4 is 11.1 Å². The van der Waals surface area contributed by atoms with E-state index in [4.69, 9.17) is 5.73 Å². The lowest BCUT2D eigenvalue weighted by atomic mass is 10.0. The fourth-order valence-electron chi connectivity index (χ4n) is 2.06. The normalized spacial score (nSPS) is 12.5. The molecule has 0 bridgehead atoms. The van der Waals surface area contributed by atoms with Gasteiger partial charge in [0.05, 0.1) is 5.56 Å². The monoisotopic (exact) mass is 337 g/mol. The number of benzene rings is 1. The molecular formula is C16H14F3N3O2. The van der Waals surface area contributed by atoms with Gasteiger partial charge < -0.3 is 11.1 Å². The van der Waals surface area contributed by atoms with Crippen molar-refractivity contribution in [3.8, 4) is 0 Å². The average molecular weight is 337 g/mol. The Morgan fingerprint density at radius 1 is 1.17 bits per heavy atom. The zero-order valence-electron chi connectivity index (χ0n) is 12.4. The van der Waals surface area contributed by atoms with Crippen LogP contribution in [0, 0.1) is 0 Å². The van der Waals surface area contributed by atoms with Crippen molar-refractivity contribution in [1.29, 1.82) is 0 Å². The molecule has 126 valence electrons. The minimum atomic E-state index is -4.49. The van der Waals surface area contributed by atoms with Gasteiger partial charge >= 0.3 is 6.18 Å². The van der Waals surface area contributed by atoms with Gasteiger partial charge in [0.1, 0.15) is 11.7 Å². The number of nitrogens with one attached hydrogen (secondary N) is 1. The number of rotatable bonds is 5. The SMILES string of the molecule is NC(=O)[C@@H](Cc1cccc(C(F)(F)F)c1)NC(=O)c1ccccn1. The molecule has 0 saturated heterocycles. The van der Waals surface area contributed by atoms with Gasteiger partial charge in [-0.05, 0) is 23.8 Å². The molecule has 0 aliphatic heterocycles. The van der Waals surface area contributed by atoms with E-state index in [2.05, 4.69) is 10.3 Å². The lowest BCUT2D eigenvalue weighted by Gasteiger charge is -2.16. The van der Waals surface area contributed by atoms with Gasteiger partial charge in [0, 0.05) is 12.6 Å². The fourth-order valence-corrected chi connectivity index (χ4v) is 2.06. The first-order valence-electron chi connectivity index (χ1n) is 6.94. The van der Waals surface area contributed by atoms with E-state index in [0.29, 0.717) is 0 Å². The topological polar surface area (TPSA) is 85.1 Å². The Labute approximate surface area is 135 Å². The standard InChI is InChI=1S/C16H14F3N3O2/c17-16(18,19)11-5-3-4-10(8-11)9-13(14(20)23)22-15(24)12-6-1-2-7-21-12/h1-8,13H,9H2,(H2,20,23)(H,22,24)/t13-/m1/s1. The maximum atomic E-state index is 12.7. The van der Waals surface area contributed by atoms with Crippen LogP contribution in [0.5, 0.6) is 0 Å². The van der Waals surface area contributed by atoms with Crippen molar-refractivity contribution >= 4 is 11.8 Å². The van der Waals surface area contributed by atoms with Gasteiger partial charge in [0.15, 0.2) is 0 Å². The number of carbonyl (C=O) groups is 2. The number of halogens is 3. The number of alkyl halides is 3. The average Bonchev–Trinajstić information content (AvgIpc) is 2.54. The van der Waals surface area contributed by atoms with Crippen molar-refractivity contribution in [3.05, 3.63) is 65.5 Å². The van der Waals surface area contributed by atoms with Crippen molar-refractivity contribution in [2.75, 3.05) is 0 Å². The Bertz CT molecular complexity index is 733. The zero-order chi connectivity index (χ0) is 17.7. The highest BCUT2D eigenvalue weighted by atomic mass is 19.4. The molecule has 3 N–H and O–H groups in total. The van der Waals surface area contributed by atoms with E-state index < -0.39 is 29.6 Å². The predicted molar refractivity (Wildman–Crippen MR) is 79.8 cm³/mol. The van der Waals surface area contributed by atoms with Crippen LogP contribution in [0.3, 0.4) is 0 Å². The van der Waals surface area contributed by atoms with Crippen molar-refractivity contribution in [3.63, 3.8) is 0 Å². The van der Waals surface area contributed by atoms with E-state index in [9.17, 15) is 22.8 Å². The summed E-state index contributed by atoms with van der Waals surface area (Å²) < 4.78 is 38.2. The summed E-state index contributed by atoms with van der Waals surface area (Å²) >= 11 is 0. The first-order valence-corrected chi connectivity index (χ1v) is 6.94. The largest absolute Gasteiger partial charge is 0.416 e. The van der Waals surface area contributed by atoms with E-state index in [0.717, 1.165) is 12.1 Å². The maximum absolute atomic E-state index is 12.7. The van der Waals surface area contributed by atoms with Crippen molar-refractivity contribution < 1.29 is 22.8 Å². The summed E-state index contributed by atoms with van der Waals surface area (Å²) in [6.45, 7) is 0. The first kappa shape index (κ1) is 17.5. The summed E-state index contributed by atoms with van der Waals surface area (Å²) in [5, 5.41) is 2.38. The molecule has 8 heteroatoms. The number of hydrogen-bond donors (Lipinski definition) is 2. The minimum absolute atomic E-state index is 0.0767. The number of nitrogens with zero attached hydrogens (tertiary/aromatic N) is 1. The van der Waals surface area contributed by atoms with Gasteiger partial charge in [0.2, 0.25) is 5.91 Å². The van der Waals surface area contributed by atoms with E-state index in [1.165, 1.54) is 24.4 Å². The number of nitrogens with two attached hydrogens (primary N) is 1. The molecule has 2 amide bonds. The zero-order valence-corrected chi connectivity index (χ0v) is 12.4. The van der Waals surface area contributed by atoms with Crippen molar-refractivity contribution in [1.82, 2.24) is 10.3 Å². The Morgan fingerprint density at radius 3 is 2.50 bits per heavy atom. The third kappa shape index (κ3) is 4.55. The Kier molecular flexibility index (Phi) is 5.18. The number of pyridine rings is 1. The second kappa shape index (κ2) is 7.12. The van der Waals surface area contributed by atoms with Crippen molar-refractivity contribution in [2.24, 2.45) is 5.73 Å². The third-order valence-electron chi connectivity index (χ3n) is 3.24. The molecule has 0 aliphatic rings. The van der Waals surface area contributed by atoms with Crippen LogP contribution in [-0.4, -0.2) is 22.8 Å². The highest BCUT2D eigenvalue weighted by molar-refractivity contribution is 5.95. The fraction of sp³-hybridized carbons (Fsp3) is 0.188. The lowest BCUT2D eigenvalue weighted by Crippen LogP contribution is -2.46. The van der Waals surface area contributed by atoms with Gasteiger partial charge in [-0.2, -0.15) is 13.2 Å². The molecule has 0 fully saturated rings. The molecule has 0 spiro atoms. The molecule has 5 nitrogen and oxygen atoms in total. The lowest BCUT2D eigenvalue weighted by molar-refractivity contribution is -0.137. The quantitative estimate of drug-likeness (QED) is 0.874. The van der Waals surface area contributed by atoms with Gasteiger partial charge in [-0.1, -0.05) is 24.3 Å². The van der Waals surface area contributed by atoms with Gasteiger partial charge in [-0.3, -0.25) is 14.6 Å². The minimum Gasteiger partial charge on any atom is -0.368 e. The number of hydrogen-bond acceptors (Lipinski definition) is 3. The second-order valence-electron chi connectivity index (χ2n) is 5.05. The summed E-state index contributed by atoms with van der Waals surface area (Å²) in [5.41, 5.74) is 4.71. The van der Waals surface area contributed by atoms with Crippen LogP contribution >= 0.6 is 0 Å². The van der Waals surface area contributed by atoms with Crippen LogP contribution in [0.2, 0.25) is 0 Å². The van der Waals surface area contributed by atoms with Crippen LogP contribution in [0.25, 0.3) is 0 Å². The number of carbonyl (C=O) groups excluding carboxylic acids is 2. The molecule has 0 radical (unpaired) electrons. The summed E-state index contributed by atoms with van der Waals surface area (Å²) in [4.78, 5) is 27.4. The molecule has 24 heavy (non-hydrogen) atoms. The van der Waals surface area contributed by atoms with Crippen LogP contribution in [0.4, 0.5) is 13.2 Å². The van der Waals surface area contributed by atoms with Gasteiger partial charge in [-0.15, -0.1) is 0 Å². The van der Waals surface area contributed by atoms with E-state index in [1.807, 2.05) is 0 Å². The maximum Gasteiger partial charge on any atom is 0.416 e. The highest BCUT2D eigenvalue weighted by Gasteiger charge is 2.30. The van der Waals surface area contributed by atoms with Crippen molar-refractivity contribution in [2.45, 2.75) is 18.6 Å². The smallest absolute Gasteiger partial charge is 0.368 e. The van der Waals surface area contributed by atoms with Crippen LogP contribution in [0.1, 0.15) is 21.6 Å².